The summed E-state index contributed by atoms with van der Waals surface area (Å²) in [5.41, 5.74) is 8.17. The van der Waals surface area contributed by atoms with Crippen LogP contribution in [0.15, 0.2) is 53.0 Å². The van der Waals surface area contributed by atoms with Gasteiger partial charge in [0, 0.05) is 9.50 Å². The van der Waals surface area contributed by atoms with Crippen molar-refractivity contribution in [2.24, 2.45) is 5.73 Å². The lowest BCUT2D eigenvalue weighted by atomic mass is 10.00. The van der Waals surface area contributed by atoms with Crippen molar-refractivity contribution >= 4 is 27.5 Å². The molecule has 0 spiro atoms. The Morgan fingerprint density at radius 3 is 2.38 bits per heavy atom. The van der Waals surface area contributed by atoms with E-state index in [0.29, 0.717) is 5.02 Å². The second kappa shape index (κ2) is 5.00. The molecule has 0 aliphatic carbocycles. The Bertz CT molecular complexity index is 485. The topological polar surface area (TPSA) is 26.0 Å². The van der Waals surface area contributed by atoms with Crippen LogP contribution in [0.1, 0.15) is 17.2 Å². The largest absolute Gasteiger partial charge is 0.320 e. The predicted molar refractivity (Wildman–Crippen MR) is 71.6 cm³/mol. The van der Waals surface area contributed by atoms with Crippen LogP contribution in [0.3, 0.4) is 0 Å². The Hall–Kier alpha value is -0.830. The average Bonchev–Trinajstić information content (AvgIpc) is 2.29. The first-order valence-corrected chi connectivity index (χ1v) is 6.11. The van der Waals surface area contributed by atoms with Gasteiger partial charge in [0.1, 0.15) is 0 Å². The molecule has 0 aromatic heterocycles. The first-order chi connectivity index (χ1) is 7.68. The molecule has 0 amide bonds. The van der Waals surface area contributed by atoms with Gasteiger partial charge in [0.05, 0.1) is 6.04 Å². The Balaban J connectivity index is 2.38. The van der Waals surface area contributed by atoms with Gasteiger partial charge in [0.2, 0.25) is 0 Å². The van der Waals surface area contributed by atoms with E-state index < -0.39 is 0 Å². The molecule has 2 N–H and O–H groups in total. The Morgan fingerprint density at radius 2 is 1.75 bits per heavy atom. The van der Waals surface area contributed by atoms with E-state index in [9.17, 15) is 0 Å². The van der Waals surface area contributed by atoms with E-state index in [-0.39, 0.29) is 6.04 Å². The fourth-order valence-corrected chi connectivity index (χ4v) is 2.38. The molecule has 0 saturated carbocycles. The third-order valence-electron chi connectivity index (χ3n) is 2.46. The van der Waals surface area contributed by atoms with Crippen molar-refractivity contribution in [3.63, 3.8) is 0 Å². The summed E-state index contributed by atoms with van der Waals surface area (Å²) in [5, 5.41) is 0.686. The van der Waals surface area contributed by atoms with Crippen LogP contribution in [0.25, 0.3) is 0 Å². The van der Waals surface area contributed by atoms with Gasteiger partial charge in [0.25, 0.3) is 0 Å². The van der Waals surface area contributed by atoms with Crippen LogP contribution in [-0.2, 0) is 0 Å². The minimum Gasteiger partial charge on any atom is -0.320 e. The standard InChI is InChI=1S/C13H11BrClN/c14-10-6-7-11(12(15)8-10)13(16)9-4-2-1-3-5-9/h1-8,13H,16H2. The lowest BCUT2D eigenvalue weighted by Gasteiger charge is -2.14. The molecule has 0 radical (unpaired) electrons. The molecule has 0 heterocycles. The van der Waals surface area contributed by atoms with Crippen LogP contribution in [0, 0.1) is 0 Å². The summed E-state index contributed by atoms with van der Waals surface area (Å²) >= 11 is 9.54. The van der Waals surface area contributed by atoms with Crippen molar-refractivity contribution in [2.45, 2.75) is 6.04 Å². The highest BCUT2D eigenvalue weighted by atomic mass is 79.9. The van der Waals surface area contributed by atoms with Gasteiger partial charge in [-0.2, -0.15) is 0 Å². The van der Waals surface area contributed by atoms with Crippen LogP contribution in [-0.4, -0.2) is 0 Å². The normalized spacial score (nSPS) is 12.4. The first kappa shape index (κ1) is 11.6. The van der Waals surface area contributed by atoms with Crippen LogP contribution in [0.5, 0.6) is 0 Å². The van der Waals surface area contributed by atoms with Crippen molar-refractivity contribution in [3.05, 3.63) is 69.2 Å². The van der Waals surface area contributed by atoms with E-state index in [1.807, 2.05) is 48.5 Å². The Labute approximate surface area is 108 Å². The fraction of sp³-hybridized carbons (Fsp3) is 0.0769. The zero-order valence-corrected chi connectivity index (χ0v) is 10.9. The third-order valence-corrected chi connectivity index (χ3v) is 3.28. The van der Waals surface area contributed by atoms with Crippen molar-refractivity contribution in [1.29, 1.82) is 0 Å². The second-order valence-corrected chi connectivity index (χ2v) is 4.88. The molecule has 1 unspecified atom stereocenters. The molecule has 0 bridgehead atoms. The highest BCUT2D eigenvalue weighted by Gasteiger charge is 2.11. The van der Waals surface area contributed by atoms with Gasteiger partial charge in [-0.15, -0.1) is 0 Å². The lowest BCUT2D eigenvalue weighted by molar-refractivity contribution is 0.871. The molecule has 1 nitrogen and oxygen atoms in total. The average molecular weight is 297 g/mol. The highest BCUT2D eigenvalue weighted by Crippen LogP contribution is 2.28. The van der Waals surface area contributed by atoms with Crippen molar-refractivity contribution < 1.29 is 0 Å². The number of hydrogen-bond donors (Lipinski definition) is 1. The number of hydrogen-bond acceptors (Lipinski definition) is 1. The SMILES string of the molecule is NC(c1ccccc1)c1ccc(Br)cc1Cl. The molecule has 16 heavy (non-hydrogen) atoms. The minimum atomic E-state index is -0.179. The molecular weight excluding hydrogens is 286 g/mol. The van der Waals surface area contributed by atoms with E-state index in [1.54, 1.807) is 0 Å². The van der Waals surface area contributed by atoms with Crippen LogP contribution >= 0.6 is 27.5 Å². The molecule has 0 aliphatic heterocycles. The molecule has 3 heteroatoms. The molecule has 0 fully saturated rings. The summed E-state index contributed by atoms with van der Waals surface area (Å²) in [5.74, 6) is 0. The van der Waals surface area contributed by atoms with Gasteiger partial charge in [-0.05, 0) is 23.3 Å². The monoisotopic (exact) mass is 295 g/mol. The van der Waals surface area contributed by atoms with E-state index in [0.717, 1.165) is 15.6 Å². The van der Waals surface area contributed by atoms with E-state index in [1.165, 1.54) is 0 Å². The third kappa shape index (κ3) is 2.46. The van der Waals surface area contributed by atoms with E-state index in [4.69, 9.17) is 17.3 Å². The minimum absolute atomic E-state index is 0.179. The molecule has 2 aromatic carbocycles. The van der Waals surface area contributed by atoms with Crippen molar-refractivity contribution in [2.75, 3.05) is 0 Å². The lowest BCUT2D eigenvalue weighted by Crippen LogP contribution is -2.12. The van der Waals surface area contributed by atoms with E-state index in [2.05, 4.69) is 15.9 Å². The van der Waals surface area contributed by atoms with Gasteiger partial charge in [-0.1, -0.05) is 63.9 Å². The summed E-state index contributed by atoms with van der Waals surface area (Å²) in [6.07, 6.45) is 0. The first-order valence-electron chi connectivity index (χ1n) is 4.94. The van der Waals surface area contributed by atoms with Crippen LogP contribution < -0.4 is 5.73 Å². The summed E-state index contributed by atoms with van der Waals surface area (Å²) in [6.45, 7) is 0. The molecular formula is C13H11BrClN. The van der Waals surface area contributed by atoms with Gasteiger partial charge < -0.3 is 5.73 Å². The smallest absolute Gasteiger partial charge is 0.0566 e. The maximum absolute atomic E-state index is 6.17. The zero-order chi connectivity index (χ0) is 11.5. The number of benzene rings is 2. The molecule has 2 rings (SSSR count). The second-order valence-electron chi connectivity index (χ2n) is 3.55. The maximum Gasteiger partial charge on any atom is 0.0566 e. The van der Waals surface area contributed by atoms with Gasteiger partial charge in [-0.3, -0.25) is 0 Å². The molecule has 82 valence electrons. The molecule has 0 saturated heterocycles. The highest BCUT2D eigenvalue weighted by molar-refractivity contribution is 9.10. The maximum atomic E-state index is 6.17. The van der Waals surface area contributed by atoms with Crippen molar-refractivity contribution in [3.8, 4) is 0 Å². The number of halogens is 2. The van der Waals surface area contributed by atoms with Crippen LogP contribution in [0.2, 0.25) is 5.02 Å². The van der Waals surface area contributed by atoms with Gasteiger partial charge in [-0.25, -0.2) is 0 Å². The predicted octanol–water partition coefficient (Wildman–Crippen LogP) is 4.15. The molecule has 1 atom stereocenters. The number of rotatable bonds is 2. The summed E-state index contributed by atoms with van der Waals surface area (Å²) in [6, 6.07) is 15.5. The molecule has 2 aromatic rings. The number of nitrogens with two attached hydrogens (primary N) is 1. The molecule has 0 aliphatic rings. The van der Waals surface area contributed by atoms with E-state index >= 15 is 0 Å². The van der Waals surface area contributed by atoms with Crippen molar-refractivity contribution in [1.82, 2.24) is 0 Å². The van der Waals surface area contributed by atoms with Gasteiger partial charge in [0.15, 0.2) is 0 Å². The summed E-state index contributed by atoms with van der Waals surface area (Å²) in [4.78, 5) is 0. The zero-order valence-electron chi connectivity index (χ0n) is 8.53. The van der Waals surface area contributed by atoms with Crippen LogP contribution in [0.4, 0.5) is 0 Å². The van der Waals surface area contributed by atoms with Gasteiger partial charge >= 0.3 is 0 Å². The quantitative estimate of drug-likeness (QED) is 0.885. The summed E-state index contributed by atoms with van der Waals surface area (Å²) < 4.78 is 0.960. The Morgan fingerprint density at radius 1 is 1.06 bits per heavy atom. The fourth-order valence-electron chi connectivity index (χ4n) is 1.59. The Kier molecular flexibility index (Phi) is 3.64. The summed E-state index contributed by atoms with van der Waals surface area (Å²) in [7, 11) is 0.